The Balaban J connectivity index is 1.92. The van der Waals surface area contributed by atoms with E-state index in [-0.39, 0.29) is 18.3 Å². The first-order valence-electron chi connectivity index (χ1n) is 9.77. The van der Waals surface area contributed by atoms with Gasteiger partial charge in [-0.05, 0) is 52.7 Å². The number of rotatable bonds is 6. The Hall–Kier alpha value is -1.65. The van der Waals surface area contributed by atoms with Crippen LogP contribution in [0, 0.1) is 5.41 Å². The van der Waals surface area contributed by atoms with Crippen LogP contribution in [0.4, 0.5) is 13.2 Å². The summed E-state index contributed by atoms with van der Waals surface area (Å²) < 4.78 is 68.3. The Bertz CT molecular complexity index is 792. The number of nitrogens with one attached hydrogen (secondary N) is 1. The van der Waals surface area contributed by atoms with E-state index in [1.54, 1.807) is 6.92 Å². The van der Waals surface area contributed by atoms with E-state index in [1.165, 1.54) is 12.1 Å². The van der Waals surface area contributed by atoms with E-state index in [4.69, 9.17) is 9.47 Å². The minimum Gasteiger partial charge on any atom is -0.598 e. The second-order valence-corrected chi connectivity index (χ2v) is 10.5. The maximum absolute atomic E-state index is 12.7. The SMILES string of the molecule is CCOC(=O)C1([C@@H]2C[C@H](N[S@+]([O-])C(C)(C)C)c3ccc(OC(F)(F)F)cc3O2)CC1. The monoisotopic (exact) mass is 449 g/mol. The van der Waals surface area contributed by atoms with Crippen molar-refractivity contribution < 1.29 is 36.7 Å². The molecular weight excluding hydrogens is 423 g/mol. The topological polar surface area (TPSA) is 79.9 Å². The normalized spacial score (nSPS) is 23.7. The minimum atomic E-state index is -4.84. The van der Waals surface area contributed by atoms with Gasteiger partial charge in [-0.3, -0.25) is 4.79 Å². The number of benzene rings is 1. The molecular formula is C20H26F3NO5S. The number of ether oxygens (including phenoxy) is 3. The fourth-order valence-corrected chi connectivity index (χ4v) is 4.30. The van der Waals surface area contributed by atoms with Crippen LogP contribution in [0.5, 0.6) is 11.5 Å². The molecule has 1 aliphatic carbocycles. The summed E-state index contributed by atoms with van der Waals surface area (Å²) in [6, 6.07) is 3.35. The molecule has 0 bridgehead atoms. The molecule has 10 heteroatoms. The van der Waals surface area contributed by atoms with Gasteiger partial charge in [0.1, 0.15) is 27.8 Å². The van der Waals surface area contributed by atoms with Crippen molar-refractivity contribution in [2.75, 3.05) is 6.61 Å². The van der Waals surface area contributed by atoms with Crippen molar-refractivity contribution in [3.63, 3.8) is 0 Å². The van der Waals surface area contributed by atoms with Crippen LogP contribution in [0.15, 0.2) is 18.2 Å². The van der Waals surface area contributed by atoms with Crippen molar-refractivity contribution in [2.24, 2.45) is 5.41 Å². The second kappa shape index (κ2) is 8.12. The van der Waals surface area contributed by atoms with Crippen molar-refractivity contribution in [1.29, 1.82) is 0 Å². The third-order valence-electron chi connectivity index (χ3n) is 5.21. The predicted octanol–water partition coefficient (Wildman–Crippen LogP) is 4.17. The first-order chi connectivity index (χ1) is 13.9. The lowest BCUT2D eigenvalue weighted by Gasteiger charge is -2.37. The van der Waals surface area contributed by atoms with Crippen LogP contribution in [-0.2, 0) is 20.9 Å². The summed E-state index contributed by atoms with van der Waals surface area (Å²) in [5.74, 6) is -0.623. The zero-order chi connectivity index (χ0) is 22.3. The van der Waals surface area contributed by atoms with Crippen LogP contribution in [0.2, 0.25) is 0 Å². The first kappa shape index (κ1) is 23.0. The standard InChI is InChI=1S/C20H26F3NO5S/c1-5-27-17(25)19(8-9-19)16-11-14(24-30(26)18(2,3)4)13-7-6-12(10-15(13)28-16)29-20(21,22)23/h6-7,10,14,16,24H,5,8-9,11H2,1-4H3/t14-,16-,30+/m0/s1. The molecule has 1 aliphatic heterocycles. The second-order valence-electron chi connectivity index (χ2n) is 8.52. The lowest BCUT2D eigenvalue weighted by atomic mass is 9.88. The molecule has 168 valence electrons. The Labute approximate surface area is 176 Å². The van der Waals surface area contributed by atoms with Gasteiger partial charge in [-0.25, -0.2) is 0 Å². The van der Waals surface area contributed by atoms with Crippen molar-refractivity contribution in [3.05, 3.63) is 23.8 Å². The van der Waals surface area contributed by atoms with Gasteiger partial charge in [-0.1, -0.05) is 0 Å². The summed E-state index contributed by atoms with van der Waals surface area (Å²) in [5, 5.41) is 0. The minimum absolute atomic E-state index is 0.173. The summed E-state index contributed by atoms with van der Waals surface area (Å²) in [5.41, 5.74) is -0.268. The molecule has 0 unspecified atom stereocenters. The average molecular weight is 449 g/mol. The number of esters is 1. The van der Waals surface area contributed by atoms with Crippen LogP contribution < -0.4 is 14.2 Å². The molecule has 0 radical (unpaired) electrons. The largest absolute Gasteiger partial charge is 0.598 e. The van der Waals surface area contributed by atoms with Gasteiger partial charge in [-0.2, -0.15) is 0 Å². The third-order valence-corrected chi connectivity index (χ3v) is 6.82. The Morgan fingerprint density at radius 2 is 2.00 bits per heavy atom. The van der Waals surface area contributed by atoms with Gasteiger partial charge in [-0.15, -0.1) is 17.9 Å². The number of carbonyl (C=O) groups is 1. The molecule has 0 saturated heterocycles. The number of hydrogen-bond donors (Lipinski definition) is 1. The smallest absolute Gasteiger partial charge is 0.573 e. The summed E-state index contributed by atoms with van der Waals surface area (Å²) in [4.78, 5) is 12.5. The molecule has 2 aliphatic rings. The molecule has 30 heavy (non-hydrogen) atoms. The molecule has 1 fully saturated rings. The average Bonchev–Trinajstić information content (AvgIpc) is 3.41. The Morgan fingerprint density at radius 1 is 1.33 bits per heavy atom. The fraction of sp³-hybridized carbons (Fsp3) is 0.650. The van der Waals surface area contributed by atoms with E-state index < -0.39 is 45.8 Å². The molecule has 1 heterocycles. The Kier molecular flexibility index (Phi) is 6.23. The predicted molar refractivity (Wildman–Crippen MR) is 104 cm³/mol. The van der Waals surface area contributed by atoms with Gasteiger partial charge in [0.05, 0.1) is 12.6 Å². The molecule has 3 rings (SSSR count). The number of alkyl halides is 3. The molecule has 1 aromatic carbocycles. The zero-order valence-electron chi connectivity index (χ0n) is 17.3. The van der Waals surface area contributed by atoms with Crippen molar-refractivity contribution in [2.45, 2.75) is 70.2 Å². The van der Waals surface area contributed by atoms with Gasteiger partial charge < -0.3 is 18.8 Å². The quantitative estimate of drug-likeness (QED) is 0.519. The molecule has 1 N–H and O–H groups in total. The van der Waals surface area contributed by atoms with Crippen LogP contribution in [0.25, 0.3) is 0 Å². The summed E-state index contributed by atoms with van der Waals surface area (Å²) in [6.07, 6.45) is -3.97. The maximum atomic E-state index is 12.7. The third kappa shape index (κ3) is 4.97. The fourth-order valence-electron chi connectivity index (χ4n) is 3.47. The molecule has 6 nitrogen and oxygen atoms in total. The van der Waals surface area contributed by atoms with E-state index in [2.05, 4.69) is 9.46 Å². The molecule has 1 aromatic rings. The van der Waals surface area contributed by atoms with E-state index in [9.17, 15) is 22.5 Å². The van der Waals surface area contributed by atoms with E-state index in [0.717, 1.165) is 6.07 Å². The molecule has 0 aromatic heterocycles. The first-order valence-corrected chi connectivity index (χ1v) is 10.9. The highest BCUT2D eigenvalue weighted by Crippen LogP contribution is 2.55. The molecule has 3 atom stereocenters. The van der Waals surface area contributed by atoms with E-state index in [1.807, 2.05) is 20.8 Å². The number of halogens is 3. The van der Waals surface area contributed by atoms with Crippen molar-refractivity contribution in [3.8, 4) is 11.5 Å². The zero-order valence-corrected chi connectivity index (χ0v) is 18.1. The van der Waals surface area contributed by atoms with Crippen LogP contribution >= 0.6 is 0 Å². The number of hydrogen-bond acceptors (Lipinski definition) is 6. The van der Waals surface area contributed by atoms with Gasteiger partial charge in [0.25, 0.3) is 0 Å². The van der Waals surface area contributed by atoms with Gasteiger partial charge in [0, 0.05) is 29.4 Å². The Morgan fingerprint density at radius 3 is 2.53 bits per heavy atom. The van der Waals surface area contributed by atoms with E-state index >= 15 is 0 Å². The highest BCUT2D eigenvalue weighted by Gasteiger charge is 2.60. The van der Waals surface area contributed by atoms with Crippen molar-refractivity contribution in [1.82, 2.24) is 4.72 Å². The van der Waals surface area contributed by atoms with E-state index in [0.29, 0.717) is 24.8 Å². The molecule has 0 spiro atoms. The van der Waals surface area contributed by atoms with Crippen LogP contribution in [-0.4, -0.2) is 34.3 Å². The number of carbonyl (C=O) groups excluding carboxylic acids is 1. The van der Waals surface area contributed by atoms with Crippen LogP contribution in [0.3, 0.4) is 0 Å². The lowest BCUT2D eigenvalue weighted by molar-refractivity contribution is -0.274. The highest BCUT2D eigenvalue weighted by atomic mass is 32.2. The van der Waals surface area contributed by atoms with Crippen LogP contribution in [0.1, 0.15) is 58.6 Å². The summed E-state index contributed by atoms with van der Waals surface area (Å²) >= 11 is -1.43. The maximum Gasteiger partial charge on any atom is 0.573 e. The lowest BCUT2D eigenvalue weighted by Crippen LogP contribution is -2.46. The summed E-state index contributed by atoms with van der Waals surface area (Å²) in [7, 11) is 0. The summed E-state index contributed by atoms with van der Waals surface area (Å²) in [6.45, 7) is 7.38. The van der Waals surface area contributed by atoms with Gasteiger partial charge in [0.15, 0.2) is 0 Å². The highest BCUT2D eigenvalue weighted by molar-refractivity contribution is 7.90. The molecule has 0 amide bonds. The van der Waals surface area contributed by atoms with Gasteiger partial charge in [0.2, 0.25) is 0 Å². The van der Waals surface area contributed by atoms with Gasteiger partial charge >= 0.3 is 12.3 Å². The van der Waals surface area contributed by atoms with Crippen molar-refractivity contribution >= 4 is 17.3 Å². The molecule has 1 saturated carbocycles. The number of fused-ring (bicyclic) bond motifs is 1.